The lowest BCUT2D eigenvalue weighted by Crippen LogP contribution is -2.29. The Labute approximate surface area is 106 Å². The Balaban J connectivity index is 2.21. The number of amides is 2. The summed E-state index contributed by atoms with van der Waals surface area (Å²) in [6, 6.07) is 6.75. The molecule has 0 saturated carbocycles. The predicted molar refractivity (Wildman–Crippen MR) is 69.4 cm³/mol. The van der Waals surface area contributed by atoms with Crippen LogP contribution in [0, 0.1) is 0 Å². The van der Waals surface area contributed by atoms with Crippen molar-refractivity contribution in [1.82, 2.24) is 5.32 Å². The van der Waals surface area contributed by atoms with Crippen LogP contribution >= 0.6 is 11.6 Å². The van der Waals surface area contributed by atoms with Gasteiger partial charge in [-0.25, -0.2) is 4.79 Å². The average molecular weight is 257 g/mol. The highest BCUT2D eigenvalue weighted by Gasteiger charge is 2.00. The minimum absolute atomic E-state index is 0.203. The molecule has 0 spiro atoms. The molecule has 0 saturated heterocycles. The van der Waals surface area contributed by atoms with E-state index >= 15 is 0 Å². The van der Waals surface area contributed by atoms with E-state index in [1.165, 1.54) is 0 Å². The van der Waals surface area contributed by atoms with Gasteiger partial charge in [-0.15, -0.1) is 0 Å². The molecular weight excluding hydrogens is 240 g/mol. The summed E-state index contributed by atoms with van der Waals surface area (Å²) in [7, 11) is 0. The molecule has 2 amide bonds. The molecule has 0 atom stereocenters. The second-order valence-electron chi connectivity index (χ2n) is 3.68. The van der Waals surface area contributed by atoms with Crippen LogP contribution in [0.2, 0.25) is 5.02 Å². The van der Waals surface area contributed by atoms with Gasteiger partial charge in [0.2, 0.25) is 0 Å². The second kappa shape index (κ2) is 7.92. The zero-order valence-electron chi connectivity index (χ0n) is 9.58. The first kappa shape index (κ1) is 13.8. The van der Waals surface area contributed by atoms with E-state index in [0.29, 0.717) is 17.3 Å². The molecule has 17 heavy (non-hydrogen) atoms. The molecule has 5 heteroatoms. The highest BCUT2D eigenvalue weighted by molar-refractivity contribution is 6.30. The molecule has 0 bridgehead atoms. The molecule has 1 aromatic carbocycles. The number of unbranched alkanes of at least 4 members (excludes halogenated alkanes) is 2. The third-order valence-corrected chi connectivity index (χ3v) is 2.44. The fourth-order valence-electron chi connectivity index (χ4n) is 1.36. The van der Waals surface area contributed by atoms with Crippen LogP contribution in [-0.4, -0.2) is 24.3 Å². The van der Waals surface area contributed by atoms with Gasteiger partial charge in [0, 0.05) is 23.9 Å². The second-order valence-corrected chi connectivity index (χ2v) is 4.11. The molecule has 0 aliphatic heterocycles. The van der Waals surface area contributed by atoms with Crippen molar-refractivity contribution in [2.45, 2.75) is 19.3 Å². The van der Waals surface area contributed by atoms with Gasteiger partial charge in [0.25, 0.3) is 0 Å². The van der Waals surface area contributed by atoms with Crippen LogP contribution < -0.4 is 10.6 Å². The zero-order valence-corrected chi connectivity index (χ0v) is 10.3. The molecule has 1 rings (SSSR count). The average Bonchev–Trinajstić information content (AvgIpc) is 2.29. The van der Waals surface area contributed by atoms with E-state index < -0.39 is 0 Å². The van der Waals surface area contributed by atoms with E-state index in [0.717, 1.165) is 19.3 Å². The van der Waals surface area contributed by atoms with E-state index in [4.69, 9.17) is 16.7 Å². The number of carbonyl (C=O) groups excluding carboxylic acids is 1. The summed E-state index contributed by atoms with van der Waals surface area (Å²) < 4.78 is 0. The lowest BCUT2D eigenvalue weighted by molar-refractivity contribution is 0.251. The Morgan fingerprint density at radius 3 is 2.82 bits per heavy atom. The van der Waals surface area contributed by atoms with E-state index in [9.17, 15) is 4.79 Å². The van der Waals surface area contributed by atoms with Gasteiger partial charge >= 0.3 is 6.03 Å². The van der Waals surface area contributed by atoms with Crippen molar-refractivity contribution in [2.75, 3.05) is 18.5 Å². The fourth-order valence-corrected chi connectivity index (χ4v) is 1.55. The summed E-state index contributed by atoms with van der Waals surface area (Å²) in [4.78, 5) is 11.4. The molecule has 1 aromatic rings. The molecule has 94 valence electrons. The monoisotopic (exact) mass is 256 g/mol. The Hall–Kier alpha value is -1.26. The number of hydrogen-bond acceptors (Lipinski definition) is 2. The minimum Gasteiger partial charge on any atom is -0.396 e. The number of benzene rings is 1. The highest BCUT2D eigenvalue weighted by atomic mass is 35.5. The SMILES string of the molecule is O=C(NCCCCCO)Nc1cccc(Cl)c1. The molecule has 0 radical (unpaired) electrons. The smallest absolute Gasteiger partial charge is 0.319 e. The zero-order chi connectivity index (χ0) is 12.5. The van der Waals surface area contributed by atoms with Crippen LogP contribution in [0.1, 0.15) is 19.3 Å². The molecule has 0 unspecified atom stereocenters. The third-order valence-electron chi connectivity index (χ3n) is 2.20. The van der Waals surface area contributed by atoms with Gasteiger partial charge in [-0.1, -0.05) is 17.7 Å². The van der Waals surface area contributed by atoms with E-state index in [1.807, 2.05) is 0 Å². The summed E-state index contributed by atoms with van der Waals surface area (Å²) in [5, 5.41) is 14.6. The Bertz CT molecular complexity index is 358. The first-order valence-electron chi connectivity index (χ1n) is 5.63. The number of hydrogen-bond donors (Lipinski definition) is 3. The van der Waals surface area contributed by atoms with Crippen LogP contribution in [0.5, 0.6) is 0 Å². The summed E-state index contributed by atoms with van der Waals surface area (Å²) >= 11 is 5.79. The summed E-state index contributed by atoms with van der Waals surface area (Å²) in [6.45, 7) is 0.807. The lowest BCUT2D eigenvalue weighted by Gasteiger charge is -2.07. The lowest BCUT2D eigenvalue weighted by atomic mass is 10.2. The molecule has 0 aliphatic rings. The molecular formula is C12H17ClN2O2. The number of carbonyl (C=O) groups is 1. The standard InChI is InChI=1S/C12H17ClN2O2/c13-10-5-4-6-11(9-10)15-12(17)14-7-2-1-3-8-16/h4-6,9,16H,1-3,7-8H2,(H2,14,15,17). The molecule has 4 nitrogen and oxygen atoms in total. The molecule has 0 aromatic heterocycles. The summed E-state index contributed by atoms with van der Waals surface area (Å²) in [5.74, 6) is 0. The molecule has 0 fully saturated rings. The Kier molecular flexibility index (Phi) is 6.43. The normalized spacial score (nSPS) is 10.0. The van der Waals surface area contributed by atoms with Crippen LogP contribution in [0.3, 0.4) is 0 Å². The molecule has 0 heterocycles. The maximum Gasteiger partial charge on any atom is 0.319 e. The van der Waals surface area contributed by atoms with Gasteiger partial charge in [-0.2, -0.15) is 0 Å². The van der Waals surface area contributed by atoms with Crippen LogP contribution in [0.25, 0.3) is 0 Å². The predicted octanol–water partition coefficient (Wildman–Crippen LogP) is 2.62. The third kappa shape index (κ3) is 6.14. The number of urea groups is 1. The number of nitrogens with one attached hydrogen (secondary N) is 2. The van der Waals surface area contributed by atoms with Gasteiger partial charge in [0.1, 0.15) is 0 Å². The minimum atomic E-state index is -0.240. The molecule has 3 N–H and O–H groups in total. The largest absolute Gasteiger partial charge is 0.396 e. The van der Waals surface area contributed by atoms with Crippen molar-refractivity contribution in [1.29, 1.82) is 0 Å². The maximum atomic E-state index is 11.4. The van der Waals surface area contributed by atoms with Crippen LogP contribution in [0.4, 0.5) is 10.5 Å². The molecule has 0 aliphatic carbocycles. The maximum absolute atomic E-state index is 11.4. The van der Waals surface area contributed by atoms with E-state index in [-0.39, 0.29) is 12.6 Å². The van der Waals surface area contributed by atoms with Crippen molar-refractivity contribution in [3.05, 3.63) is 29.3 Å². The Morgan fingerprint density at radius 2 is 2.12 bits per heavy atom. The Morgan fingerprint density at radius 1 is 1.29 bits per heavy atom. The van der Waals surface area contributed by atoms with Gasteiger partial charge < -0.3 is 15.7 Å². The van der Waals surface area contributed by atoms with E-state index in [2.05, 4.69) is 10.6 Å². The number of aliphatic hydroxyl groups excluding tert-OH is 1. The van der Waals surface area contributed by atoms with Crippen molar-refractivity contribution >= 4 is 23.3 Å². The first-order valence-corrected chi connectivity index (χ1v) is 6.01. The van der Waals surface area contributed by atoms with Gasteiger partial charge in [0.05, 0.1) is 0 Å². The highest BCUT2D eigenvalue weighted by Crippen LogP contribution is 2.14. The van der Waals surface area contributed by atoms with E-state index in [1.54, 1.807) is 24.3 Å². The number of anilines is 1. The van der Waals surface area contributed by atoms with Crippen molar-refractivity contribution in [3.63, 3.8) is 0 Å². The number of halogens is 1. The van der Waals surface area contributed by atoms with Gasteiger partial charge in [-0.05, 0) is 37.5 Å². The van der Waals surface area contributed by atoms with Crippen LogP contribution in [-0.2, 0) is 0 Å². The summed E-state index contributed by atoms with van der Waals surface area (Å²) in [5.41, 5.74) is 0.672. The van der Waals surface area contributed by atoms with Gasteiger partial charge in [0.15, 0.2) is 0 Å². The fraction of sp³-hybridized carbons (Fsp3) is 0.417. The van der Waals surface area contributed by atoms with Gasteiger partial charge in [-0.3, -0.25) is 0 Å². The van der Waals surface area contributed by atoms with Crippen molar-refractivity contribution in [2.24, 2.45) is 0 Å². The first-order chi connectivity index (χ1) is 8.22. The quantitative estimate of drug-likeness (QED) is 0.685. The topological polar surface area (TPSA) is 61.4 Å². The summed E-state index contributed by atoms with van der Waals surface area (Å²) in [6.07, 6.45) is 2.55. The van der Waals surface area contributed by atoms with Crippen molar-refractivity contribution in [3.8, 4) is 0 Å². The number of rotatable bonds is 6. The van der Waals surface area contributed by atoms with Crippen LogP contribution in [0.15, 0.2) is 24.3 Å². The van der Waals surface area contributed by atoms with Crippen molar-refractivity contribution < 1.29 is 9.90 Å². The number of aliphatic hydroxyl groups is 1.